The Morgan fingerprint density at radius 1 is 0.933 bits per heavy atom. The maximum Gasteiger partial charge on any atom is 0.146 e. The summed E-state index contributed by atoms with van der Waals surface area (Å²) in [6.45, 7) is 0. The predicted molar refractivity (Wildman–Crippen MR) is 57.9 cm³/mol. The number of hydrogen-bond donors (Lipinski definition) is 2. The molecule has 15 heavy (non-hydrogen) atoms. The van der Waals surface area contributed by atoms with Crippen LogP contribution in [0.25, 0.3) is 11.1 Å². The molecular formula is C12H10FNO. The lowest BCUT2D eigenvalue weighted by atomic mass is 10.1. The lowest BCUT2D eigenvalue weighted by molar-refractivity contribution is 0.475. The Hall–Kier alpha value is -2.03. The van der Waals surface area contributed by atoms with Crippen LogP contribution in [-0.2, 0) is 0 Å². The minimum Gasteiger partial charge on any atom is -0.508 e. The number of hydrogen-bond acceptors (Lipinski definition) is 2. The number of nitrogens with two attached hydrogens (primary N) is 1. The average molecular weight is 203 g/mol. The van der Waals surface area contributed by atoms with E-state index in [4.69, 9.17) is 10.8 Å². The molecule has 0 unspecified atom stereocenters. The summed E-state index contributed by atoms with van der Waals surface area (Å²) >= 11 is 0. The van der Waals surface area contributed by atoms with Gasteiger partial charge in [0.2, 0.25) is 0 Å². The second kappa shape index (κ2) is 3.61. The van der Waals surface area contributed by atoms with Crippen molar-refractivity contribution in [3.8, 4) is 16.9 Å². The van der Waals surface area contributed by atoms with Crippen LogP contribution in [0.15, 0.2) is 42.5 Å². The smallest absolute Gasteiger partial charge is 0.146 e. The van der Waals surface area contributed by atoms with Gasteiger partial charge in [0.1, 0.15) is 11.6 Å². The minimum atomic E-state index is -0.419. The molecule has 2 aromatic rings. The molecule has 0 fully saturated rings. The zero-order valence-corrected chi connectivity index (χ0v) is 7.94. The number of aromatic hydroxyl groups is 1. The lowest BCUT2D eigenvalue weighted by Crippen LogP contribution is -1.90. The quantitative estimate of drug-likeness (QED) is 0.700. The van der Waals surface area contributed by atoms with Crippen LogP contribution >= 0.6 is 0 Å². The van der Waals surface area contributed by atoms with E-state index in [9.17, 15) is 4.39 Å². The Kier molecular flexibility index (Phi) is 2.29. The summed E-state index contributed by atoms with van der Waals surface area (Å²) in [6, 6.07) is 11.2. The Morgan fingerprint density at radius 3 is 2.13 bits per heavy atom. The summed E-state index contributed by atoms with van der Waals surface area (Å²) in [7, 11) is 0. The van der Waals surface area contributed by atoms with Crippen molar-refractivity contribution in [2.75, 3.05) is 5.73 Å². The molecule has 3 N–H and O–H groups in total. The van der Waals surface area contributed by atoms with Gasteiger partial charge in [0.25, 0.3) is 0 Å². The van der Waals surface area contributed by atoms with E-state index in [-0.39, 0.29) is 11.4 Å². The molecule has 76 valence electrons. The number of anilines is 1. The molecule has 0 aromatic heterocycles. The van der Waals surface area contributed by atoms with E-state index < -0.39 is 5.82 Å². The molecule has 0 radical (unpaired) electrons. The zero-order chi connectivity index (χ0) is 10.8. The fraction of sp³-hybridized carbons (Fsp3) is 0. The molecule has 0 aliphatic carbocycles. The summed E-state index contributed by atoms with van der Waals surface area (Å²) in [5, 5.41) is 9.12. The van der Waals surface area contributed by atoms with E-state index in [2.05, 4.69) is 0 Å². The minimum absolute atomic E-state index is 0.126. The number of rotatable bonds is 1. The molecule has 2 nitrogen and oxygen atoms in total. The van der Waals surface area contributed by atoms with Crippen molar-refractivity contribution < 1.29 is 9.50 Å². The van der Waals surface area contributed by atoms with Gasteiger partial charge in [-0.3, -0.25) is 0 Å². The second-order valence-electron chi connectivity index (χ2n) is 3.28. The highest BCUT2D eigenvalue weighted by Gasteiger charge is 2.01. The summed E-state index contributed by atoms with van der Waals surface area (Å²) in [5.74, 6) is -0.216. The van der Waals surface area contributed by atoms with Crippen LogP contribution < -0.4 is 5.73 Å². The fourth-order valence-corrected chi connectivity index (χ4v) is 1.38. The predicted octanol–water partition coefficient (Wildman–Crippen LogP) is 2.78. The molecule has 0 aliphatic heterocycles. The van der Waals surface area contributed by atoms with E-state index in [1.54, 1.807) is 36.4 Å². The molecular weight excluding hydrogens is 193 g/mol. The van der Waals surface area contributed by atoms with Crippen molar-refractivity contribution >= 4 is 5.69 Å². The Labute approximate surface area is 86.8 Å². The first-order valence-corrected chi connectivity index (χ1v) is 4.51. The lowest BCUT2D eigenvalue weighted by Gasteiger charge is -2.03. The molecule has 0 bridgehead atoms. The van der Waals surface area contributed by atoms with Gasteiger partial charge in [-0.25, -0.2) is 4.39 Å². The third kappa shape index (κ3) is 1.91. The van der Waals surface area contributed by atoms with Crippen LogP contribution in [0.4, 0.5) is 10.1 Å². The standard InChI is InChI=1S/C12H10FNO/c13-11-6-3-9(7-12(11)14)8-1-4-10(15)5-2-8/h1-7,15H,14H2. The van der Waals surface area contributed by atoms with E-state index >= 15 is 0 Å². The summed E-state index contributed by atoms with van der Waals surface area (Å²) in [5.41, 5.74) is 7.31. The molecule has 0 atom stereocenters. The van der Waals surface area contributed by atoms with Crippen molar-refractivity contribution in [2.24, 2.45) is 0 Å². The van der Waals surface area contributed by atoms with E-state index in [1.165, 1.54) is 6.07 Å². The van der Waals surface area contributed by atoms with Crippen molar-refractivity contribution in [2.45, 2.75) is 0 Å². The first-order chi connectivity index (χ1) is 7.16. The highest BCUT2D eigenvalue weighted by molar-refractivity contribution is 5.67. The number of benzene rings is 2. The van der Waals surface area contributed by atoms with Crippen LogP contribution in [0, 0.1) is 5.82 Å². The maximum absolute atomic E-state index is 12.9. The number of phenols is 1. The molecule has 0 aliphatic rings. The first kappa shape index (κ1) is 9.52. The van der Waals surface area contributed by atoms with Crippen LogP contribution in [-0.4, -0.2) is 5.11 Å². The maximum atomic E-state index is 12.9. The van der Waals surface area contributed by atoms with E-state index in [1.807, 2.05) is 0 Å². The summed E-state index contributed by atoms with van der Waals surface area (Å²) in [4.78, 5) is 0. The molecule has 0 spiro atoms. The van der Waals surface area contributed by atoms with Gasteiger partial charge in [-0.05, 0) is 35.4 Å². The Bertz CT molecular complexity index is 479. The monoisotopic (exact) mass is 203 g/mol. The number of nitrogen functional groups attached to an aromatic ring is 1. The van der Waals surface area contributed by atoms with Crippen LogP contribution in [0.2, 0.25) is 0 Å². The summed E-state index contributed by atoms with van der Waals surface area (Å²) < 4.78 is 12.9. The van der Waals surface area contributed by atoms with Crippen molar-refractivity contribution in [1.29, 1.82) is 0 Å². The molecule has 2 rings (SSSR count). The second-order valence-corrected chi connectivity index (χ2v) is 3.28. The van der Waals surface area contributed by atoms with Crippen molar-refractivity contribution in [1.82, 2.24) is 0 Å². The molecule has 0 heterocycles. The molecule has 0 amide bonds. The molecule has 3 heteroatoms. The third-order valence-electron chi connectivity index (χ3n) is 2.20. The van der Waals surface area contributed by atoms with Crippen molar-refractivity contribution in [3.63, 3.8) is 0 Å². The van der Waals surface area contributed by atoms with Gasteiger partial charge < -0.3 is 10.8 Å². The third-order valence-corrected chi connectivity index (χ3v) is 2.20. The van der Waals surface area contributed by atoms with E-state index in [0.29, 0.717) is 0 Å². The highest BCUT2D eigenvalue weighted by atomic mass is 19.1. The van der Waals surface area contributed by atoms with Gasteiger partial charge in [0, 0.05) is 0 Å². The van der Waals surface area contributed by atoms with Gasteiger partial charge in [0.05, 0.1) is 5.69 Å². The van der Waals surface area contributed by atoms with Gasteiger partial charge in [-0.2, -0.15) is 0 Å². The SMILES string of the molecule is Nc1cc(-c2ccc(O)cc2)ccc1F. The average Bonchev–Trinajstić information content (AvgIpc) is 2.23. The largest absolute Gasteiger partial charge is 0.508 e. The van der Waals surface area contributed by atoms with Crippen LogP contribution in [0.1, 0.15) is 0 Å². The van der Waals surface area contributed by atoms with Crippen molar-refractivity contribution in [3.05, 3.63) is 48.3 Å². The Balaban J connectivity index is 2.45. The summed E-state index contributed by atoms with van der Waals surface area (Å²) in [6.07, 6.45) is 0. The molecule has 0 saturated heterocycles. The number of phenolic OH excluding ortho intramolecular Hbond substituents is 1. The highest BCUT2D eigenvalue weighted by Crippen LogP contribution is 2.24. The van der Waals surface area contributed by atoms with Gasteiger partial charge in [-0.15, -0.1) is 0 Å². The van der Waals surface area contributed by atoms with Gasteiger partial charge >= 0.3 is 0 Å². The zero-order valence-electron chi connectivity index (χ0n) is 7.94. The van der Waals surface area contributed by atoms with Gasteiger partial charge in [0.15, 0.2) is 0 Å². The molecule has 0 saturated carbocycles. The number of halogens is 1. The van der Waals surface area contributed by atoms with E-state index in [0.717, 1.165) is 11.1 Å². The van der Waals surface area contributed by atoms with Crippen LogP contribution in [0.3, 0.4) is 0 Å². The fourth-order valence-electron chi connectivity index (χ4n) is 1.38. The molecule has 2 aromatic carbocycles. The topological polar surface area (TPSA) is 46.2 Å². The normalized spacial score (nSPS) is 10.2. The Morgan fingerprint density at radius 2 is 1.53 bits per heavy atom. The van der Waals surface area contributed by atoms with Gasteiger partial charge in [-0.1, -0.05) is 18.2 Å². The van der Waals surface area contributed by atoms with Crippen LogP contribution in [0.5, 0.6) is 5.75 Å². The first-order valence-electron chi connectivity index (χ1n) is 4.51.